The summed E-state index contributed by atoms with van der Waals surface area (Å²) >= 11 is 0. The van der Waals surface area contributed by atoms with Crippen LogP contribution in [0.15, 0.2) is 43.0 Å². The van der Waals surface area contributed by atoms with Crippen LogP contribution in [-0.4, -0.2) is 52.4 Å². The fourth-order valence-corrected chi connectivity index (χ4v) is 3.21. The van der Waals surface area contributed by atoms with E-state index in [9.17, 15) is 4.79 Å². The van der Waals surface area contributed by atoms with E-state index in [1.165, 1.54) is 0 Å². The Bertz CT molecular complexity index is 666. The van der Waals surface area contributed by atoms with Gasteiger partial charge >= 0.3 is 0 Å². The van der Waals surface area contributed by atoms with Crippen molar-refractivity contribution in [2.45, 2.75) is 18.6 Å². The molecule has 1 spiro atoms. The number of carbonyl (C=O) groups is 1. The smallest absolute Gasteiger partial charge is 0.253 e. The molecule has 6 heteroatoms. The lowest BCUT2D eigenvalue weighted by atomic mass is 10.0. The number of imidazole rings is 1. The molecule has 2 saturated heterocycles. The molecule has 2 aliphatic heterocycles. The van der Waals surface area contributed by atoms with E-state index in [2.05, 4.69) is 4.98 Å². The third-order valence-corrected chi connectivity index (χ3v) is 4.54. The summed E-state index contributed by atoms with van der Waals surface area (Å²) in [5.74, 6) is -0.378. The Balaban J connectivity index is 1.43. The fraction of sp³-hybridized carbons (Fsp3) is 0.412. The van der Waals surface area contributed by atoms with Crippen molar-refractivity contribution in [3.63, 3.8) is 0 Å². The second-order valence-corrected chi connectivity index (χ2v) is 5.92. The minimum absolute atomic E-state index is 0.0648. The molecule has 1 aromatic heterocycles. The van der Waals surface area contributed by atoms with Gasteiger partial charge in [-0.2, -0.15) is 0 Å². The molecule has 0 N–H and O–H groups in total. The van der Waals surface area contributed by atoms with Crippen molar-refractivity contribution >= 4 is 5.91 Å². The van der Waals surface area contributed by atoms with Crippen molar-refractivity contribution in [2.24, 2.45) is 0 Å². The molecule has 0 aliphatic carbocycles. The summed E-state index contributed by atoms with van der Waals surface area (Å²) < 4.78 is 13.3. The van der Waals surface area contributed by atoms with Gasteiger partial charge in [0.15, 0.2) is 5.79 Å². The van der Waals surface area contributed by atoms with Gasteiger partial charge in [0.1, 0.15) is 0 Å². The van der Waals surface area contributed by atoms with Crippen LogP contribution in [0, 0.1) is 0 Å². The zero-order valence-electron chi connectivity index (χ0n) is 12.9. The molecule has 3 heterocycles. The summed E-state index contributed by atoms with van der Waals surface area (Å²) in [6.45, 7) is 2.65. The molecule has 4 rings (SSSR count). The molecule has 6 nitrogen and oxygen atoms in total. The maximum atomic E-state index is 12.6. The van der Waals surface area contributed by atoms with Crippen molar-refractivity contribution in [3.8, 4) is 5.69 Å². The van der Waals surface area contributed by atoms with Crippen LogP contribution in [0.2, 0.25) is 0 Å². The monoisotopic (exact) mass is 313 g/mol. The predicted molar refractivity (Wildman–Crippen MR) is 83.3 cm³/mol. The molecule has 0 atom stereocenters. The summed E-state index contributed by atoms with van der Waals surface area (Å²) in [6, 6.07) is 7.60. The van der Waals surface area contributed by atoms with Gasteiger partial charge in [0.05, 0.1) is 19.5 Å². The lowest BCUT2D eigenvalue weighted by molar-refractivity contribution is -0.181. The molecular weight excluding hydrogens is 294 g/mol. The number of piperidine rings is 1. The average molecular weight is 313 g/mol. The molecule has 0 saturated carbocycles. The Labute approximate surface area is 134 Å². The normalized spacial score (nSPS) is 20.1. The van der Waals surface area contributed by atoms with Crippen LogP contribution in [0.5, 0.6) is 0 Å². The van der Waals surface area contributed by atoms with Gasteiger partial charge in [-0.15, -0.1) is 0 Å². The first-order valence-corrected chi connectivity index (χ1v) is 7.91. The number of likely N-dealkylation sites (tertiary alicyclic amines) is 1. The third-order valence-electron chi connectivity index (χ3n) is 4.54. The van der Waals surface area contributed by atoms with Gasteiger partial charge in [-0.3, -0.25) is 4.79 Å². The number of hydrogen-bond donors (Lipinski definition) is 0. The third kappa shape index (κ3) is 2.75. The first-order valence-electron chi connectivity index (χ1n) is 7.91. The summed E-state index contributed by atoms with van der Waals surface area (Å²) in [5.41, 5.74) is 1.70. The zero-order valence-corrected chi connectivity index (χ0v) is 12.9. The lowest BCUT2D eigenvalue weighted by Gasteiger charge is -2.37. The number of ether oxygens (including phenoxy) is 2. The van der Waals surface area contributed by atoms with Crippen LogP contribution in [0.25, 0.3) is 5.69 Å². The zero-order chi connectivity index (χ0) is 15.7. The molecule has 2 aliphatic rings. The van der Waals surface area contributed by atoms with Crippen LogP contribution < -0.4 is 0 Å². The van der Waals surface area contributed by atoms with Gasteiger partial charge in [-0.1, -0.05) is 0 Å². The van der Waals surface area contributed by atoms with E-state index in [1.807, 2.05) is 39.9 Å². The van der Waals surface area contributed by atoms with Gasteiger partial charge in [-0.25, -0.2) is 4.98 Å². The number of amides is 1. The number of benzene rings is 1. The van der Waals surface area contributed by atoms with E-state index in [0.29, 0.717) is 31.9 Å². The van der Waals surface area contributed by atoms with Crippen LogP contribution in [0.3, 0.4) is 0 Å². The molecule has 2 fully saturated rings. The highest BCUT2D eigenvalue weighted by Crippen LogP contribution is 2.31. The molecule has 0 radical (unpaired) electrons. The van der Waals surface area contributed by atoms with Gasteiger partial charge in [0, 0.05) is 49.6 Å². The van der Waals surface area contributed by atoms with Crippen LogP contribution in [0.4, 0.5) is 0 Å². The van der Waals surface area contributed by atoms with E-state index in [-0.39, 0.29) is 5.91 Å². The first-order chi connectivity index (χ1) is 11.3. The fourth-order valence-electron chi connectivity index (χ4n) is 3.21. The van der Waals surface area contributed by atoms with E-state index < -0.39 is 5.79 Å². The second kappa shape index (κ2) is 5.79. The molecule has 1 amide bonds. The van der Waals surface area contributed by atoms with Crippen molar-refractivity contribution in [2.75, 3.05) is 26.3 Å². The number of rotatable bonds is 2. The largest absolute Gasteiger partial charge is 0.347 e. The average Bonchev–Trinajstić information content (AvgIpc) is 3.28. The lowest BCUT2D eigenvalue weighted by Crippen LogP contribution is -2.47. The first kappa shape index (κ1) is 14.4. The highest BCUT2D eigenvalue weighted by Gasteiger charge is 2.40. The highest BCUT2D eigenvalue weighted by molar-refractivity contribution is 5.94. The van der Waals surface area contributed by atoms with Crippen LogP contribution in [0.1, 0.15) is 23.2 Å². The van der Waals surface area contributed by atoms with Gasteiger partial charge in [-0.05, 0) is 24.3 Å². The van der Waals surface area contributed by atoms with E-state index in [4.69, 9.17) is 9.47 Å². The van der Waals surface area contributed by atoms with Crippen molar-refractivity contribution < 1.29 is 14.3 Å². The maximum Gasteiger partial charge on any atom is 0.253 e. The van der Waals surface area contributed by atoms with Crippen LogP contribution >= 0.6 is 0 Å². The summed E-state index contributed by atoms with van der Waals surface area (Å²) in [7, 11) is 0. The second-order valence-electron chi connectivity index (χ2n) is 5.92. The number of hydrogen-bond acceptors (Lipinski definition) is 4. The molecular formula is C17H19N3O3. The Morgan fingerprint density at radius 1 is 1.09 bits per heavy atom. The number of nitrogens with zero attached hydrogens (tertiary/aromatic N) is 3. The topological polar surface area (TPSA) is 56.6 Å². The molecule has 23 heavy (non-hydrogen) atoms. The Hall–Kier alpha value is -2.18. The SMILES string of the molecule is O=C(c1ccc(-n2ccnc2)cc1)N1CCC2(CC1)OCCO2. The minimum Gasteiger partial charge on any atom is -0.347 e. The molecule has 2 aromatic rings. The van der Waals surface area contributed by atoms with Crippen molar-refractivity contribution in [1.29, 1.82) is 0 Å². The van der Waals surface area contributed by atoms with E-state index in [0.717, 1.165) is 18.5 Å². The Kier molecular flexibility index (Phi) is 3.63. The van der Waals surface area contributed by atoms with Gasteiger partial charge < -0.3 is 18.9 Å². The quantitative estimate of drug-likeness (QED) is 0.849. The Morgan fingerprint density at radius 3 is 2.39 bits per heavy atom. The van der Waals surface area contributed by atoms with Crippen molar-refractivity contribution in [1.82, 2.24) is 14.5 Å². The Morgan fingerprint density at radius 2 is 1.78 bits per heavy atom. The molecule has 1 aromatic carbocycles. The predicted octanol–water partition coefficient (Wildman–Crippen LogP) is 1.85. The van der Waals surface area contributed by atoms with Gasteiger partial charge in [0.25, 0.3) is 5.91 Å². The van der Waals surface area contributed by atoms with E-state index >= 15 is 0 Å². The van der Waals surface area contributed by atoms with Crippen molar-refractivity contribution in [3.05, 3.63) is 48.5 Å². The standard InChI is InChI=1S/C17H19N3O3/c21-16(19-8-5-17(6-9-19)22-11-12-23-17)14-1-3-15(4-2-14)20-10-7-18-13-20/h1-4,7,10,13H,5-6,8-9,11-12H2. The van der Waals surface area contributed by atoms with E-state index in [1.54, 1.807) is 12.5 Å². The molecule has 0 bridgehead atoms. The summed E-state index contributed by atoms with van der Waals surface area (Å²) in [6.07, 6.45) is 6.83. The summed E-state index contributed by atoms with van der Waals surface area (Å²) in [5, 5.41) is 0. The highest BCUT2D eigenvalue weighted by atomic mass is 16.7. The van der Waals surface area contributed by atoms with Crippen LogP contribution in [-0.2, 0) is 9.47 Å². The maximum absolute atomic E-state index is 12.6. The minimum atomic E-state index is -0.442. The number of carbonyl (C=O) groups excluding carboxylic acids is 1. The van der Waals surface area contributed by atoms with Gasteiger partial charge in [0.2, 0.25) is 0 Å². The number of aromatic nitrogens is 2. The summed E-state index contributed by atoms with van der Waals surface area (Å²) in [4.78, 5) is 18.5. The molecule has 0 unspecified atom stereocenters. The molecule has 120 valence electrons.